The highest BCUT2D eigenvalue weighted by molar-refractivity contribution is 4.47. The lowest BCUT2D eigenvalue weighted by molar-refractivity contribution is 2.13. The van der Waals surface area contributed by atoms with E-state index in [9.17, 15) is 0 Å². The van der Waals surface area contributed by atoms with E-state index >= 15 is 0 Å². The van der Waals surface area contributed by atoms with Crippen LogP contribution in [0.4, 0.5) is 0 Å². The van der Waals surface area contributed by atoms with E-state index < -0.39 is 0 Å². The van der Waals surface area contributed by atoms with Gasteiger partial charge in [-0.2, -0.15) is 0 Å². The molecule has 0 saturated carbocycles. The SMILES string of the molecule is C#C.C#C.C#C.C#C.N.N. The zero-order valence-electron chi connectivity index (χ0n) is 6.03. The molecule has 0 aliphatic carbocycles. The molecule has 0 aliphatic heterocycles. The molecule has 0 aromatic carbocycles. The highest BCUT2D eigenvalue weighted by Gasteiger charge is 0.460. The van der Waals surface area contributed by atoms with Crippen molar-refractivity contribution in [2.24, 2.45) is 0 Å². The summed E-state index contributed by atoms with van der Waals surface area (Å²) in [5.41, 5.74) is 0. The maximum Gasteiger partial charge on any atom is -0.124 e. The summed E-state index contributed by atoms with van der Waals surface area (Å²) in [6, 6.07) is 0. The molecule has 0 spiro atoms. The third-order valence-corrected chi connectivity index (χ3v) is 0. The van der Waals surface area contributed by atoms with Gasteiger partial charge >= 0.3 is 0 Å². The summed E-state index contributed by atoms with van der Waals surface area (Å²) in [4.78, 5) is 0. The van der Waals surface area contributed by atoms with E-state index in [1.54, 1.807) is 0 Å². The zero-order chi connectivity index (χ0) is 8.00. The molecule has 0 aromatic rings. The number of hydrogen-bond donors (Lipinski definition) is 2. The lowest BCUT2D eigenvalue weighted by Gasteiger charge is -0.701. The van der Waals surface area contributed by atoms with E-state index in [1.165, 1.54) is 0 Å². The minimum atomic E-state index is 0. The van der Waals surface area contributed by atoms with Gasteiger partial charge in [0.05, 0.1) is 0 Å². The van der Waals surface area contributed by atoms with Gasteiger partial charge in [0.25, 0.3) is 0 Å². The number of rotatable bonds is 0. The van der Waals surface area contributed by atoms with E-state index in [1.807, 2.05) is 0 Å². The second-order valence-electron chi connectivity index (χ2n) is 0. The third-order valence-electron chi connectivity index (χ3n) is 0. The normalized spacial score (nSPS) is 0.800. The van der Waals surface area contributed by atoms with Crippen LogP contribution in [0.5, 0.6) is 0 Å². The Balaban J connectivity index is -0.00000000500. The van der Waals surface area contributed by atoms with Gasteiger partial charge in [0.15, 0.2) is 0 Å². The molecule has 2 heteroatoms. The standard InChI is InChI=1S/4C2H2.2H3N/c4*1-2;;/h4*1-2H;2*1H3. The fourth-order valence-electron chi connectivity index (χ4n) is 0. The Morgan fingerprint density at radius 1 is 0.300 bits per heavy atom. The fourth-order valence-corrected chi connectivity index (χ4v) is 0. The predicted octanol–water partition coefficient (Wildman–Crippen LogP) is 1.32. The molecule has 56 valence electrons. The summed E-state index contributed by atoms with van der Waals surface area (Å²) in [6.45, 7) is 0. The molecule has 0 amide bonds. The average Bonchev–Trinajstić information content (AvgIpc) is 2.03. The fraction of sp³-hybridized carbons (Fsp3) is 0. The quantitative estimate of drug-likeness (QED) is 0.495. The molecule has 0 atom stereocenters. The topological polar surface area (TPSA) is 70.0 Å². The van der Waals surface area contributed by atoms with Crippen molar-refractivity contribution in [2.75, 3.05) is 0 Å². The lowest BCUT2D eigenvalue weighted by atomic mass is 11.4. The third kappa shape index (κ3) is 48.4. The Hall–Kier alpha value is -1.84. The van der Waals surface area contributed by atoms with Gasteiger partial charge in [-0.3, -0.25) is 0 Å². The van der Waals surface area contributed by atoms with Crippen LogP contribution in [-0.2, 0) is 0 Å². The highest BCUT2D eigenvalue weighted by Crippen LogP contribution is 0.585. The molecule has 0 aromatic heterocycles. The van der Waals surface area contributed by atoms with Gasteiger partial charge in [-0.05, 0) is 0 Å². The second-order valence-corrected chi connectivity index (χ2v) is 0. The van der Waals surface area contributed by atoms with Crippen molar-refractivity contribution in [3.63, 3.8) is 0 Å². The van der Waals surface area contributed by atoms with E-state index in [0.29, 0.717) is 0 Å². The second kappa shape index (κ2) is 80.2. The molecule has 0 aliphatic rings. The van der Waals surface area contributed by atoms with Crippen molar-refractivity contribution in [3.05, 3.63) is 0 Å². The van der Waals surface area contributed by atoms with Crippen LogP contribution in [0.1, 0.15) is 0 Å². The Morgan fingerprint density at radius 2 is 0.300 bits per heavy atom. The van der Waals surface area contributed by atoms with E-state index in [2.05, 4.69) is 51.4 Å². The molecule has 0 unspecified atom stereocenters. The first-order valence-corrected chi connectivity index (χ1v) is 1.33. The summed E-state index contributed by atoms with van der Waals surface area (Å²) in [5, 5.41) is 0. The van der Waals surface area contributed by atoms with Gasteiger partial charge in [0.1, 0.15) is 0 Å². The van der Waals surface area contributed by atoms with Crippen molar-refractivity contribution in [1.29, 1.82) is 0 Å². The molecule has 0 radical (unpaired) electrons. The van der Waals surface area contributed by atoms with Crippen molar-refractivity contribution in [2.45, 2.75) is 0 Å². The first-order chi connectivity index (χ1) is 4.00. The molecule has 2 nitrogen and oxygen atoms in total. The summed E-state index contributed by atoms with van der Waals surface area (Å²) in [7, 11) is 0. The average molecular weight is 138 g/mol. The molecule has 0 bridgehead atoms. The molecule has 0 heterocycles. The van der Waals surface area contributed by atoms with E-state index in [-0.39, 0.29) is 12.3 Å². The molecule has 10 heavy (non-hydrogen) atoms. The molecule has 0 rings (SSSR count). The first-order valence-electron chi connectivity index (χ1n) is 1.33. The van der Waals surface area contributed by atoms with Crippen LogP contribution >= 0.6 is 0 Å². The summed E-state index contributed by atoms with van der Waals surface area (Å²) in [5.74, 6) is 0. The van der Waals surface area contributed by atoms with Gasteiger partial charge < -0.3 is 12.3 Å². The zero-order valence-corrected chi connectivity index (χ0v) is 6.03. The maximum atomic E-state index is 4.00. The van der Waals surface area contributed by atoms with Crippen LogP contribution in [-0.4, -0.2) is 0 Å². The Kier molecular flexibility index (Phi) is 720. The highest BCUT2D eigenvalue weighted by atomic mass is 14.0. The van der Waals surface area contributed by atoms with Crippen LogP contribution in [0, 0.1) is 51.4 Å². The van der Waals surface area contributed by atoms with Gasteiger partial charge in [-0.1, -0.05) is 0 Å². The van der Waals surface area contributed by atoms with Gasteiger partial charge in [0.2, 0.25) is 0 Å². The van der Waals surface area contributed by atoms with Gasteiger partial charge in [0, 0.05) is 0 Å². The molecular formula is C8H14N2. The van der Waals surface area contributed by atoms with Crippen LogP contribution in [0.25, 0.3) is 0 Å². The summed E-state index contributed by atoms with van der Waals surface area (Å²) in [6.07, 6.45) is 32.0. The Morgan fingerprint density at radius 3 is 0.300 bits per heavy atom. The largest absolute Gasteiger partial charge is 0.344 e. The van der Waals surface area contributed by atoms with E-state index in [0.717, 1.165) is 0 Å². The molecule has 6 N–H and O–H groups in total. The van der Waals surface area contributed by atoms with Crippen molar-refractivity contribution < 1.29 is 0 Å². The predicted molar refractivity (Wildman–Crippen MR) is 49.6 cm³/mol. The molecular weight excluding hydrogens is 124 g/mol. The first kappa shape index (κ1) is 89.7. The van der Waals surface area contributed by atoms with Gasteiger partial charge in [-0.15, -0.1) is 51.4 Å². The monoisotopic (exact) mass is 138 g/mol. The molecule has 0 fully saturated rings. The van der Waals surface area contributed by atoms with Gasteiger partial charge in [-0.25, -0.2) is 0 Å². The van der Waals surface area contributed by atoms with Crippen LogP contribution < -0.4 is 12.3 Å². The number of hydrogen-bond acceptors (Lipinski definition) is 2. The van der Waals surface area contributed by atoms with Crippen LogP contribution in [0.2, 0.25) is 0 Å². The maximum absolute atomic E-state index is 4.00. The molecule has 0 saturated heterocycles. The number of terminal acetylenes is 4. The minimum Gasteiger partial charge on any atom is -0.344 e. The summed E-state index contributed by atoms with van der Waals surface area (Å²) < 4.78 is 0. The summed E-state index contributed by atoms with van der Waals surface area (Å²) >= 11 is 0. The minimum absolute atomic E-state index is 0. The van der Waals surface area contributed by atoms with Crippen LogP contribution in [0.15, 0.2) is 0 Å². The lowest BCUT2D eigenvalue weighted by Crippen LogP contribution is -0.576. The Labute approximate surface area is 64.6 Å². The van der Waals surface area contributed by atoms with Crippen molar-refractivity contribution >= 4 is 0 Å². The van der Waals surface area contributed by atoms with E-state index in [4.69, 9.17) is 0 Å². The van der Waals surface area contributed by atoms with Crippen LogP contribution in [0.3, 0.4) is 0 Å². The van der Waals surface area contributed by atoms with Crippen molar-refractivity contribution in [3.8, 4) is 51.4 Å². The smallest absolute Gasteiger partial charge is 0.124 e. The van der Waals surface area contributed by atoms with Crippen molar-refractivity contribution in [1.82, 2.24) is 12.3 Å². The Bertz CT molecular complexity index is 50.2.